The molecule has 0 bridgehead atoms. The zero-order valence-electron chi connectivity index (χ0n) is 34.5. The first-order valence-corrected chi connectivity index (χ1v) is 19.3. The molecule has 1 heterocycles. The fourth-order valence-corrected chi connectivity index (χ4v) is 7.68. The maximum Gasteiger partial charge on any atom is 0.407 e. The summed E-state index contributed by atoms with van der Waals surface area (Å²) in [5.74, 6) is -4.49. The molecule has 1 aromatic carbocycles. The standard InChI is InChI=1S/C40H65N5O10/c1-12-25(6)34(43(8)38(49)32(23(2)3)42-37(48)33(24(4)5)44(9)40(52)53)30(54-10)22-31(46)45-20-16-19-29(45)35(55-11)26(7)36(47)41-28(39(50)51)21-27-17-14-13-15-18-27/h13-15,17-18,23-26,28-30,32-35H,12,16,19-22H2,1-11H3,(H,41,47)(H,42,48)(H,50,51)(H,52,53)/t25?,26-,28?,29+,30-,32+,33+,34+,35-/m1/s1. The van der Waals surface area contributed by atoms with Crippen LogP contribution in [0.4, 0.5) is 4.79 Å². The third-order valence-electron chi connectivity index (χ3n) is 11.0. The summed E-state index contributed by atoms with van der Waals surface area (Å²) in [4.78, 5) is 83.3. The van der Waals surface area contributed by atoms with Crippen LogP contribution in [-0.4, -0.2) is 138 Å². The molecule has 310 valence electrons. The highest BCUT2D eigenvalue weighted by molar-refractivity contribution is 5.91. The van der Waals surface area contributed by atoms with Gasteiger partial charge in [0.05, 0.1) is 36.6 Å². The monoisotopic (exact) mass is 775 g/mol. The van der Waals surface area contributed by atoms with E-state index in [9.17, 15) is 39.0 Å². The number of ether oxygens (including phenoxy) is 2. The van der Waals surface area contributed by atoms with Gasteiger partial charge in [0, 0.05) is 41.3 Å². The number of likely N-dealkylation sites (tertiary alicyclic amines) is 1. The van der Waals surface area contributed by atoms with Gasteiger partial charge in [0.1, 0.15) is 18.1 Å². The summed E-state index contributed by atoms with van der Waals surface area (Å²) in [6, 6.07) is 4.84. The van der Waals surface area contributed by atoms with E-state index in [4.69, 9.17) is 9.47 Å². The van der Waals surface area contributed by atoms with Crippen LogP contribution in [-0.2, 0) is 39.9 Å². The highest BCUT2D eigenvalue weighted by Crippen LogP contribution is 2.30. The summed E-state index contributed by atoms with van der Waals surface area (Å²) >= 11 is 0. The number of rotatable bonds is 21. The number of carbonyl (C=O) groups excluding carboxylic acids is 4. The molecule has 15 nitrogen and oxygen atoms in total. The predicted octanol–water partition coefficient (Wildman–Crippen LogP) is 3.49. The number of hydrogen-bond donors (Lipinski definition) is 4. The minimum Gasteiger partial charge on any atom is -0.480 e. The Labute approximate surface area is 326 Å². The molecule has 2 unspecified atom stereocenters. The van der Waals surface area contributed by atoms with Crippen molar-refractivity contribution in [2.45, 2.75) is 123 Å². The highest BCUT2D eigenvalue weighted by atomic mass is 16.5. The van der Waals surface area contributed by atoms with Crippen molar-refractivity contribution in [1.29, 1.82) is 0 Å². The molecule has 1 saturated heterocycles. The summed E-state index contributed by atoms with van der Waals surface area (Å²) in [6.07, 6.45) is -0.792. The Balaban J connectivity index is 2.29. The summed E-state index contributed by atoms with van der Waals surface area (Å²) in [5, 5.41) is 24.9. The summed E-state index contributed by atoms with van der Waals surface area (Å²) in [6.45, 7) is 13.1. The number of nitrogens with zero attached hydrogens (tertiary/aromatic N) is 3. The van der Waals surface area contributed by atoms with Crippen LogP contribution in [0.5, 0.6) is 0 Å². The molecule has 55 heavy (non-hydrogen) atoms. The van der Waals surface area contributed by atoms with Crippen molar-refractivity contribution in [3.8, 4) is 0 Å². The van der Waals surface area contributed by atoms with Crippen LogP contribution in [0.1, 0.15) is 79.7 Å². The lowest BCUT2D eigenvalue weighted by molar-refractivity contribution is -0.148. The number of methoxy groups -OCH3 is 2. The first-order chi connectivity index (χ1) is 25.8. The highest BCUT2D eigenvalue weighted by Gasteiger charge is 2.43. The van der Waals surface area contributed by atoms with Crippen molar-refractivity contribution < 1.29 is 48.5 Å². The van der Waals surface area contributed by atoms with Crippen LogP contribution in [0.15, 0.2) is 30.3 Å². The van der Waals surface area contributed by atoms with Crippen LogP contribution in [0.2, 0.25) is 0 Å². The molecule has 0 spiro atoms. The number of amides is 5. The zero-order valence-corrected chi connectivity index (χ0v) is 34.5. The van der Waals surface area contributed by atoms with Crippen molar-refractivity contribution in [2.24, 2.45) is 23.7 Å². The van der Waals surface area contributed by atoms with Crippen LogP contribution >= 0.6 is 0 Å². The van der Waals surface area contributed by atoms with Gasteiger partial charge in [-0.15, -0.1) is 0 Å². The molecular formula is C40H65N5O10. The Morgan fingerprint density at radius 3 is 1.98 bits per heavy atom. The second-order valence-corrected chi connectivity index (χ2v) is 15.5. The van der Waals surface area contributed by atoms with Crippen LogP contribution in [0.3, 0.4) is 0 Å². The van der Waals surface area contributed by atoms with Gasteiger partial charge in [-0.3, -0.25) is 24.1 Å². The fraction of sp³-hybridized carbons (Fsp3) is 0.700. The number of aliphatic carboxylic acids is 1. The van der Waals surface area contributed by atoms with Crippen LogP contribution < -0.4 is 10.6 Å². The van der Waals surface area contributed by atoms with Crippen molar-refractivity contribution in [1.82, 2.24) is 25.3 Å². The Kier molecular flexibility index (Phi) is 18.5. The third kappa shape index (κ3) is 12.4. The Morgan fingerprint density at radius 1 is 0.873 bits per heavy atom. The van der Waals surface area contributed by atoms with Crippen molar-refractivity contribution in [3.63, 3.8) is 0 Å². The normalized spacial score (nSPS) is 18.7. The van der Waals surface area contributed by atoms with Crippen molar-refractivity contribution in [3.05, 3.63) is 35.9 Å². The van der Waals surface area contributed by atoms with E-state index in [1.807, 2.05) is 19.9 Å². The number of benzene rings is 1. The second-order valence-electron chi connectivity index (χ2n) is 15.5. The van der Waals surface area contributed by atoms with E-state index in [0.29, 0.717) is 25.8 Å². The molecule has 5 amide bonds. The molecule has 9 atom stereocenters. The van der Waals surface area contributed by atoms with E-state index >= 15 is 0 Å². The third-order valence-corrected chi connectivity index (χ3v) is 11.0. The molecular weight excluding hydrogens is 710 g/mol. The average Bonchev–Trinajstić information content (AvgIpc) is 3.62. The molecule has 4 N–H and O–H groups in total. The maximum atomic E-state index is 14.2. The van der Waals surface area contributed by atoms with Gasteiger partial charge in [0.25, 0.3) is 0 Å². The molecule has 1 aliphatic rings. The molecule has 15 heteroatoms. The van der Waals surface area contributed by atoms with Crippen LogP contribution in [0, 0.1) is 23.7 Å². The van der Waals surface area contributed by atoms with Gasteiger partial charge < -0.3 is 40.1 Å². The minimum absolute atomic E-state index is 0.0770. The minimum atomic E-state index is -1.26. The first-order valence-electron chi connectivity index (χ1n) is 19.3. The van der Waals surface area contributed by atoms with E-state index < -0.39 is 78.1 Å². The van der Waals surface area contributed by atoms with Gasteiger partial charge in [-0.05, 0) is 36.2 Å². The fourth-order valence-electron chi connectivity index (χ4n) is 7.68. The number of carboxylic acid groups (broad SMARTS) is 2. The molecule has 0 radical (unpaired) electrons. The van der Waals surface area contributed by atoms with E-state index in [1.54, 1.807) is 70.8 Å². The van der Waals surface area contributed by atoms with Crippen molar-refractivity contribution >= 4 is 35.7 Å². The summed E-state index contributed by atoms with van der Waals surface area (Å²) in [5.41, 5.74) is 0.766. The zero-order chi connectivity index (χ0) is 41.7. The molecule has 1 fully saturated rings. The first kappa shape index (κ1) is 46.9. The van der Waals surface area contributed by atoms with E-state index in [2.05, 4.69) is 10.6 Å². The molecule has 2 rings (SSSR count). The molecule has 1 aliphatic heterocycles. The number of carbonyl (C=O) groups is 6. The van der Waals surface area contributed by atoms with E-state index in [0.717, 1.165) is 10.5 Å². The average molecular weight is 776 g/mol. The Morgan fingerprint density at radius 2 is 1.49 bits per heavy atom. The Bertz CT molecular complexity index is 1440. The SMILES string of the molecule is CCC(C)[C@@H]([C@@H](CC(=O)N1CCC[C@H]1[C@H](OC)[C@@H](C)C(=O)NC(Cc1ccccc1)C(=O)O)OC)N(C)C(=O)[C@@H](NC(=O)[C@H](C(C)C)N(C)C(=O)O)C(C)C. The van der Waals surface area contributed by atoms with Gasteiger partial charge >= 0.3 is 12.1 Å². The maximum absolute atomic E-state index is 14.2. The lowest BCUT2D eigenvalue weighted by Gasteiger charge is -2.41. The van der Waals surface area contributed by atoms with E-state index in [-0.39, 0.29) is 36.5 Å². The lowest BCUT2D eigenvalue weighted by atomic mass is 9.89. The number of likely N-dealkylation sites (N-methyl/N-ethyl adjacent to an activating group) is 2. The quantitative estimate of drug-likeness (QED) is 0.144. The van der Waals surface area contributed by atoms with Crippen molar-refractivity contribution in [2.75, 3.05) is 34.9 Å². The smallest absolute Gasteiger partial charge is 0.407 e. The molecule has 0 aliphatic carbocycles. The van der Waals surface area contributed by atoms with Gasteiger partial charge in [-0.25, -0.2) is 9.59 Å². The van der Waals surface area contributed by atoms with Gasteiger partial charge in [-0.1, -0.05) is 85.2 Å². The van der Waals surface area contributed by atoms with E-state index in [1.165, 1.54) is 26.2 Å². The topological polar surface area (TPSA) is 195 Å². The van der Waals surface area contributed by atoms with Gasteiger partial charge in [0.2, 0.25) is 23.6 Å². The molecule has 1 aromatic rings. The molecule has 0 aromatic heterocycles. The predicted molar refractivity (Wildman–Crippen MR) is 207 cm³/mol. The summed E-state index contributed by atoms with van der Waals surface area (Å²) < 4.78 is 11.8. The van der Waals surface area contributed by atoms with Gasteiger partial charge in [-0.2, -0.15) is 0 Å². The second kappa shape index (κ2) is 21.7. The lowest BCUT2D eigenvalue weighted by Crippen LogP contribution is -2.60. The number of carboxylic acids is 1. The largest absolute Gasteiger partial charge is 0.480 e. The summed E-state index contributed by atoms with van der Waals surface area (Å²) in [7, 11) is 5.91. The number of nitrogens with one attached hydrogen (secondary N) is 2. The molecule has 0 saturated carbocycles. The Hall–Kier alpha value is -4.24. The number of hydrogen-bond acceptors (Lipinski definition) is 8. The van der Waals surface area contributed by atoms with Crippen LogP contribution in [0.25, 0.3) is 0 Å². The van der Waals surface area contributed by atoms with Gasteiger partial charge in [0.15, 0.2) is 0 Å².